The van der Waals surface area contributed by atoms with Gasteiger partial charge in [-0.3, -0.25) is 0 Å². The number of hydrogen-bond donors (Lipinski definition) is 2. The van der Waals surface area contributed by atoms with Gasteiger partial charge in [0.05, 0.1) is 6.54 Å². The third-order valence-electron chi connectivity index (χ3n) is 4.01. The molecule has 134 valence electrons. The molecule has 0 fully saturated rings. The van der Waals surface area contributed by atoms with Crippen molar-refractivity contribution in [3.05, 3.63) is 96.6 Å². The molecular formula is C21H20N5P. The molecule has 6 heteroatoms. The highest BCUT2D eigenvalue weighted by Crippen LogP contribution is 2.42. The summed E-state index contributed by atoms with van der Waals surface area (Å²) < 4.78 is 4.34. The summed E-state index contributed by atoms with van der Waals surface area (Å²) in [5, 5.41) is 14.5. The molecule has 0 saturated carbocycles. The molecule has 0 aliphatic heterocycles. The van der Waals surface area contributed by atoms with Gasteiger partial charge in [0.15, 0.2) is 5.96 Å². The number of nitrogens with zero attached hydrogens (tertiary/aromatic N) is 3. The van der Waals surface area contributed by atoms with Gasteiger partial charge in [-0.2, -0.15) is 10.0 Å². The predicted molar refractivity (Wildman–Crippen MR) is 112 cm³/mol. The number of hydrogen-bond acceptors (Lipinski definition) is 3. The average Bonchev–Trinajstić information content (AvgIpc) is 2.74. The molecule has 3 aromatic carbocycles. The normalized spacial score (nSPS) is 11.4. The number of nitrogens with two attached hydrogens (primary N) is 1. The Morgan fingerprint density at radius 3 is 1.81 bits per heavy atom. The lowest BCUT2D eigenvalue weighted by Gasteiger charge is -2.25. The van der Waals surface area contributed by atoms with Gasteiger partial charge in [-0.1, -0.05) is 91.0 Å². The van der Waals surface area contributed by atoms with Crippen LogP contribution in [0.4, 0.5) is 0 Å². The zero-order chi connectivity index (χ0) is 19.0. The molecule has 3 aromatic rings. The van der Waals surface area contributed by atoms with E-state index in [2.05, 4.69) is 14.8 Å². The topological polar surface area (TPSA) is 86.6 Å². The summed E-state index contributed by atoms with van der Waals surface area (Å²) >= 11 is 0. The van der Waals surface area contributed by atoms with Crippen LogP contribution in [0.5, 0.6) is 0 Å². The Balaban J connectivity index is 2.03. The van der Waals surface area contributed by atoms with Crippen LogP contribution in [0.25, 0.3) is 0 Å². The number of rotatable bonds is 5. The van der Waals surface area contributed by atoms with Crippen molar-refractivity contribution in [2.75, 3.05) is 0 Å². The molecule has 5 nitrogen and oxygen atoms in total. The Morgan fingerprint density at radius 2 is 1.33 bits per heavy atom. The first-order valence-electron chi connectivity index (χ1n) is 8.48. The SMILES string of the molecule is N#CN=P(NC(N)=NCc1ccccc1)(c1ccccc1)c1ccccc1. The molecule has 27 heavy (non-hydrogen) atoms. The van der Waals surface area contributed by atoms with Crippen molar-refractivity contribution >= 4 is 23.8 Å². The molecule has 0 amide bonds. The van der Waals surface area contributed by atoms with Gasteiger partial charge < -0.3 is 10.8 Å². The Morgan fingerprint density at radius 1 is 0.852 bits per heavy atom. The second kappa shape index (κ2) is 8.84. The maximum atomic E-state index is 9.44. The van der Waals surface area contributed by atoms with E-state index in [-0.39, 0.29) is 5.96 Å². The van der Waals surface area contributed by atoms with E-state index < -0.39 is 7.21 Å². The maximum absolute atomic E-state index is 9.44. The van der Waals surface area contributed by atoms with Crippen LogP contribution in [-0.2, 0) is 6.54 Å². The van der Waals surface area contributed by atoms with Gasteiger partial charge in [0.1, 0.15) is 7.21 Å². The lowest BCUT2D eigenvalue weighted by molar-refractivity contribution is 1.05. The van der Waals surface area contributed by atoms with E-state index in [4.69, 9.17) is 5.73 Å². The van der Waals surface area contributed by atoms with Crippen LogP contribution in [0.15, 0.2) is 101 Å². The number of nitriles is 1. The van der Waals surface area contributed by atoms with Crippen molar-refractivity contribution in [3.8, 4) is 6.19 Å². The summed E-state index contributed by atoms with van der Waals surface area (Å²) in [5.41, 5.74) is 7.27. The molecule has 0 heterocycles. The number of aliphatic imine (C=N–C) groups is 1. The van der Waals surface area contributed by atoms with Gasteiger partial charge in [-0.05, 0) is 5.56 Å². The third kappa shape index (κ3) is 4.44. The second-order valence-corrected chi connectivity index (χ2v) is 8.53. The summed E-state index contributed by atoms with van der Waals surface area (Å²) in [6.45, 7) is 0.454. The molecule has 0 radical (unpaired) electrons. The van der Waals surface area contributed by atoms with Crippen LogP contribution < -0.4 is 21.4 Å². The zero-order valence-electron chi connectivity index (χ0n) is 14.7. The smallest absolute Gasteiger partial charge is 0.206 e. The summed E-state index contributed by atoms with van der Waals surface area (Å²) in [7, 11) is -2.62. The minimum absolute atomic E-state index is 0.263. The highest BCUT2D eigenvalue weighted by atomic mass is 31.2. The van der Waals surface area contributed by atoms with E-state index >= 15 is 0 Å². The predicted octanol–water partition coefficient (Wildman–Crippen LogP) is 3.34. The van der Waals surface area contributed by atoms with Gasteiger partial charge in [0, 0.05) is 10.6 Å². The van der Waals surface area contributed by atoms with Crippen LogP contribution in [0.3, 0.4) is 0 Å². The van der Waals surface area contributed by atoms with E-state index in [9.17, 15) is 5.26 Å². The lowest BCUT2D eigenvalue weighted by Crippen LogP contribution is -2.37. The third-order valence-corrected chi connectivity index (χ3v) is 7.04. The van der Waals surface area contributed by atoms with Crippen LogP contribution in [0.1, 0.15) is 5.56 Å². The summed E-state index contributed by atoms with van der Waals surface area (Å²) in [6.07, 6.45) is 1.99. The summed E-state index contributed by atoms with van der Waals surface area (Å²) in [5.74, 6) is 0.263. The minimum atomic E-state index is -2.62. The number of benzene rings is 3. The number of guanidine groups is 1. The Labute approximate surface area is 159 Å². The average molecular weight is 373 g/mol. The molecule has 0 aliphatic rings. The minimum Gasteiger partial charge on any atom is -0.370 e. The first-order chi connectivity index (χ1) is 13.2. The molecule has 0 atom stereocenters. The highest BCUT2D eigenvalue weighted by molar-refractivity contribution is 7.79. The monoisotopic (exact) mass is 373 g/mol. The second-order valence-electron chi connectivity index (χ2n) is 5.81. The van der Waals surface area contributed by atoms with Crippen LogP contribution in [-0.4, -0.2) is 5.96 Å². The molecular weight excluding hydrogens is 353 g/mol. The largest absolute Gasteiger partial charge is 0.370 e. The quantitative estimate of drug-likeness (QED) is 0.311. The molecule has 0 saturated heterocycles. The van der Waals surface area contributed by atoms with Gasteiger partial charge in [0.25, 0.3) is 0 Å². The van der Waals surface area contributed by atoms with Crippen molar-refractivity contribution in [3.63, 3.8) is 0 Å². The molecule has 0 unspecified atom stereocenters. The fourth-order valence-corrected chi connectivity index (χ4v) is 5.32. The Bertz CT molecular complexity index is 950. The zero-order valence-corrected chi connectivity index (χ0v) is 15.6. The molecule has 0 aromatic heterocycles. The van der Waals surface area contributed by atoms with Gasteiger partial charge in [-0.25, -0.2) is 4.99 Å². The molecule has 0 aliphatic carbocycles. The molecule has 0 spiro atoms. The van der Waals surface area contributed by atoms with E-state index in [0.29, 0.717) is 6.54 Å². The molecule has 3 N–H and O–H groups in total. The van der Waals surface area contributed by atoms with Crippen LogP contribution in [0.2, 0.25) is 0 Å². The van der Waals surface area contributed by atoms with E-state index in [0.717, 1.165) is 16.2 Å². The molecule has 3 rings (SSSR count). The first kappa shape index (κ1) is 18.4. The maximum Gasteiger partial charge on any atom is 0.206 e. The van der Waals surface area contributed by atoms with Crippen molar-refractivity contribution < 1.29 is 0 Å². The van der Waals surface area contributed by atoms with Crippen LogP contribution in [0, 0.1) is 11.5 Å². The van der Waals surface area contributed by atoms with E-state index in [1.807, 2.05) is 97.2 Å². The van der Waals surface area contributed by atoms with Crippen LogP contribution >= 0.6 is 7.21 Å². The standard InChI is InChI=1S/C21H20N5P/c22-17-25-27(19-12-6-2-7-13-19,20-14-8-3-9-15-20)26-21(23)24-16-18-10-4-1-5-11-18/h1-15H,16H2,(H3,23,24,26). The van der Waals surface area contributed by atoms with Crippen molar-refractivity contribution in [2.24, 2.45) is 15.5 Å². The van der Waals surface area contributed by atoms with Crippen molar-refractivity contribution in [2.45, 2.75) is 6.54 Å². The number of nitrogens with one attached hydrogen (secondary N) is 1. The summed E-state index contributed by atoms with van der Waals surface area (Å²) in [6, 6.07) is 29.3. The first-order valence-corrected chi connectivity index (χ1v) is 10.2. The van der Waals surface area contributed by atoms with Crippen molar-refractivity contribution in [1.29, 1.82) is 5.26 Å². The van der Waals surface area contributed by atoms with Gasteiger partial charge in [-0.15, -0.1) is 0 Å². The Kier molecular flexibility index (Phi) is 6.04. The fraction of sp³-hybridized carbons (Fsp3) is 0.0476. The lowest BCUT2D eigenvalue weighted by atomic mass is 10.2. The van der Waals surface area contributed by atoms with Crippen molar-refractivity contribution in [1.82, 2.24) is 5.09 Å². The van der Waals surface area contributed by atoms with E-state index in [1.54, 1.807) is 0 Å². The highest BCUT2D eigenvalue weighted by Gasteiger charge is 2.25. The van der Waals surface area contributed by atoms with Gasteiger partial charge >= 0.3 is 0 Å². The van der Waals surface area contributed by atoms with E-state index in [1.165, 1.54) is 0 Å². The summed E-state index contributed by atoms with van der Waals surface area (Å²) in [4.78, 5) is 4.45. The fourth-order valence-electron chi connectivity index (χ4n) is 2.73. The van der Waals surface area contributed by atoms with Gasteiger partial charge in [0.2, 0.25) is 6.19 Å². The molecule has 0 bridgehead atoms. The Hall–Kier alpha value is -3.35.